The zero-order valence-corrected chi connectivity index (χ0v) is 16.0. The summed E-state index contributed by atoms with van der Waals surface area (Å²) in [5, 5.41) is 18.0. The summed E-state index contributed by atoms with van der Waals surface area (Å²) in [5.74, 6) is -0.642. The second-order valence-corrected chi connectivity index (χ2v) is 7.33. The number of thiophene rings is 1. The van der Waals surface area contributed by atoms with Crippen molar-refractivity contribution in [3.05, 3.63) is 40.6 Å². The van der Waals surface area contributed by atoms with Crippen molar-refractivity contribution in [3.63, 3.8) is 0 Å². The van der Waals surface area contributed by atoms with Gasteiger partial charge in [0.1, 0.15) is 17.1 Å². The van der Waals surface area contributed by atoms with Crippen LogP contribution in [-0.4, -0.2) is 37.7 Å². The monoisotopic (exact) mass is 390 g/mol. The van der Waals surface area contributed by atoms with Gasteiger partial charge in [0, 0.05) is 10.9 Å². The number of carbonyl (C=O) groups is 2. The van der Waals surface area contributed by atoms with Crippen LogP contribution in [0.25, 0.3) is 0 Å². The van der Waals surface area contributed by atoms with Crippen molar-refractivity contribution in [2.45, 2.75) is 18.4 Å². The molecule has 0 bridgehead atoms. The number of carbonyl (C=O) groups excluding carboxylic acids is 2. The molecule has 0 spiro atoms. The van der Waals surface area contributed by atoms with Gasteiger partial charge in [-0.15, -0.1) is 11.3 Å². The molecular formula is C19H22N2O5S. The van der Waals surface area contributed by atoms with Gasteiger partial charge in [0.05, 0.1) is 26.5 Å². The van der Waals surface area contributed by atoms with Crippen LogP contribution in [0.4, 0.5) is 5.69 Å². The van der Waals surface area contributed by atoms with Gasteiger partial charge in [-0.2, -0.15) is 0 Å². The summed E-state index contributed by atoms with van der Waals surface area (Å²) in [6.45, 7) is -0.0142. The lowest BCUT2D eigenvalue weighted by Gasteiger charge is -2.27. The Morgan fingerprint density at radius 1 is 1.22 bits per heavy atom. The summed E-state index contributed by atoms with van der Waals surface area (Å²) in [7, 11) is 2.97. The van der Waals surface area contributed by atoms with E-state index in [-0.39, 0.29) is 12.5 Å². The summed E-state index contributed by atoms with van der Waals surface area (Å²) >= 11 is 1.44. The first-order valence-corrected chi connectivity index (χ1v) is 9.43. The van der Waals surface area contributed by atoms with E-state index in [2.05, 4.69) is 10.6 Å². The summed E-state index contributed by atoms with van der Waals surface area (Å²) < 4.78 is 10.3. The lowest BCUT2D eigenvalue weighted by Crippen LogP contribution is -2.45. The van der Waals surface area contributed by atoms with Crippen molar-refractivity contribution < 1.29 is 24.2 Å². The number of rotatable bonds is 7. The highest BCUT2D eigenvalue weighted by Crippen LogP contribution is 2.46. The molecule has 1 atom stereocenters. The number of ether oxygens (including phenoxy) is 2. The zero-order valence-electron chi connectivity index (χ0n) is 15.2. The summed E-state index contributed by atoms with van der Waals surface area (Å²) in [6, 6.07) is 8.59. The first-order valence-electron chi connectivity index (χ1n) is 8.55. The van der Waals surface area contributed by atoms with Crippen molar-refractivity contribution in [2.24, 2.45) is 5.92 Å². The van der Waals surface area contributed by atoms with E-state index in [1.165, 1.54) is 25.6 Å². The normalized spacial score (nSPS) is 15.5. The van der Waals surface area contributed by atoms with Gasteiger partial charge in [-0.05, 0) is 42.3 Å². The van der Waals surface area contributed by atoms with Crippen molar-refractivity contribution in [1.82, 2.24) is 5.32 Å². The molecule has 1 unspecified atom stereocenters. The van der Waals surface area contributed by atoms with Crippen LogP contribution in [0.5, 0.6) is 11.5 Å². The third-order valence-electron chi connectivity index (χ3n) is 4.58. The quantitative estimate of drug-likeness (QED) is 0.629. The number of methoxy groups -OCH3 is 2. The van der Waals surface area contributed by atoms with Crippen LogP contribution in [0.3, 0.4) is 0 Å². The highest BCUT2D eigenvalue weighted by Gasteiger charge is 2.46. The fourth-order valence-corrected chi connectivity index (χ4v) is 3.81. The number of hydrogen-bond donors (Lipinski definition) is 3. The molecule has 0 aliphatic heterocycles. The molecule has 1 aromatic heterocycles. The van der Waals surface area contributed by atoms with Gasteiger partial charge in [-0.1, -0.05) is 6.07 Å². The number of anilines is 1. The van der Waals surface area contributed by atoms with Crippen LogP contribution in [0.2, 0.25) is 0 Å². The van der Waals surface area contributed by atoms with Gasteiger partial charge < -0.3 is 25.2 Å². The van der Waals surface area contributed by atoms with Crippen LogP contribution in [0.15, 0.2) is 35.7 Å². The van der Waals surface area contributed by atoms with E-state index < -0.39 is 17.4 Å². The molecule has 1 aliphatic carbocycles. The third-order valence-corrected chi connectivity index (χ3v) is 5.62. The molecule has 8 heteroatoms. The molecular weight excluding hydrogens is 368 g/mol. The molecule has 1 aromatic carbocycles. The first-order chi connectivity index (χ1) is 13.0. The number of hydrogen-bond acceptors (Lipinski definition) is 6. The van der Waals surface area contributed by atoms with Crippen LogP contribution in [-0.2, 0) is 15.2 Å². The molecule has 144 valence electrons. The topological polar surface area (TPSA) is 96.9 Å². The summed E-state index contributed by atoms with van der Waals surface area (Å²) in [4.78, 5) is 25.3. The average Bonchev–Trinajstić information content (AvgIpc) is 3.40. The van der Waals surface area contributed by atoms with Crippen LogP contribution in [0, 0.1) is 5.92 Å². The van der Waals surface area contributed by atoms with E-state index in [1.54, 1.807) is 18.2 Å². The van der Waals surface area contributed by atoms with Crippen LogP contribution >= 0.6 is 11.3 Å². The van der Waals surface area contributed by atoms with Gasteiger partial charge in [0.2, 0.25) is 0 Å². The van der Waals surface area contributed by atoms with Gasteiger partial charge in [-0.3, -0.25) is 9.59 Å². The Balaban J connectivity index is 1.65. The van der Waals surface area contributed by atoms with Gasteiger partial charge in [0.15, 0.2) is 0 Å². The molecule has 1 saturated carbocycles. The lowest BCUT2D eigenvalue weighted by atomic mass is 9.95. The molecule has 1 fully saturated rings. The van der Waals surface area contributed by atoms with Crippen LogP contribution in [0.1, 0.15) is 17.7 Å². The Hall–Kier alpha value is -2.58. The maximum Gasteiger partial charge on any atom is 0.313 e. The molecule has 27 heavy (non-hydrogen) atoms. The molecule has 3 N–H and O–H groups in total. The minimum absolute atomic E-state index is 0.0142. The van der Waals surface area contributed by atoms with E-state index in [1.807, 2.05) is 17.5 Å². The molecule has 7 nitrogen and oxygen atoms in total. The second-order valence-electron chi connectivity index (χ2n) is 6.38. The Morgan fingerprint density at radius 3 is 2.59 bits per heavy atom. The van der Waals surface area contributed by atoms with Crippen LogP contribution < -0.4 is 20.1 Å². The lowest BCUT2D eigenvalue weighted by molar-refractivity contribution is -0.137. The highest BCUT2D eigenvalue weighted by molar-refractivity contribution is 7.10. The first kappa shape index (κ1) is 19.2. The molecule has 1 heterocycles. The Bertz CT molecular complexity index is 820. The molecule has 0 saturated heterocycles. The standard InChI is InChI=1S/C19H22N2O5S/c1-25-13-7-8-15(26-2)14(10-13)21-18(23)17(22)20-11-19(24,12-5-6-12)16-4-3-9-27-16/h3-4,7-10,12,24H,5-6,11H2,1-2H3,(H,20,22)(H,21,23). The highest BCUT2D eigenvalue weighted by atomic mass is 32.1. The van der Waals surface area contributed by atoms with E-state index in [4.69, 9.17) is 9.47 Å². The minimum atomic E-state index is -1.14. The maximum atomic E-state index is 12.3. The van der Waals surface area contributed by atoms with Crippen molar-refractivity contribution in [3.8, 4) is 11.5 Å². The number of benzene rings is 1. The second kappa shape index (κ2) is 7.98. The Labute approximate surface area is 161 Å². The molecule has 1 aliphatic rings. The maximum absolute atomic E-state index is 12.3. The molecule has 0 radical (unpaired) electrons. The van der Waals surface area contributed by atoms with Crippen molar-refractivity contribution in [2.75, 3.05) is 26.1 Å². The van der Waals surface area contributed by atoms with E-state index in [9.17, 15) is 14.7 Å². The number of nitrogens with one attached hydrogen (secondary N) is 2. The fraction of sp³-hybridized carbons (Fsp3) is 0.368. The SMILES string of the molecule is COc1ccc(OC)c(NC(=O)C(=O)NCC(O)(c2cccs2)C2CC2)c1. The van der Waals surface area contributed by atoms with E-state index in [0.717, 1.165) is 17.7 Å². The Morgan fingerprint density at radius 2 is 2.00 bits per heavy atom. The van der Waals surface area contributed by atoms with E-state index >= 15 is 0 Å². The predicted molar refractivity (Wildman–Crippen MR) is 102 cm³/mol. The minimum Gasteiger partial charge on any atom is -0.497 e. The number of aliphatic hydroxyl groups is 1. The van der Waals surface area contributed by atoms with Gasteiger partial charge >= 0.3 is 11.8 Å². The summed E-state index contributed by atoms with van der Waals surface area (Å²) in [5.41, 5.74) is -0.815. The van der Waals surface area contributed by atoms with Gasteiger partial charge in [0.25, 0.3) is 0 Å². The smallest absolute Gasteiger partial charge is 0.313 e. The largest absolute Gasteiger partial charge is 0.497 e. The third kappa shape index (κ3) is 4.23. The van der Waals surface area contributed by atoms with Crippen molar-refractivity contribution in [1.29, 1.82) is 0 Å². The molecule has 2 amide bonds. The summed E-state index contributed by atoms with van der Waals surface area (Å²) in [6.07, 6.45) is 1.80. The zero-order chi connectivity index (χ0) is 19.4. The Kier molecular flexibility index (Phi) is 5.67. The predicted octanol–water partition coefficient (Wildman–Crippen LogP) is 2.12. The molecule has 3 rings (SSSR count). The number of amides is 2. The van der Waals surface area contributed by atoms with E-state index in [0.29, 0.717) is 17.2 Å². The van der Waals surface area contributed by atoms with Crippen molar-refractivity contribution >= 4 is 28.8 Å². The average molecular weight is 390 g/mol. The van der Waals surface area contributed by atoms with Gasteiger partial charge in [-0.25, -0.2) is 0 Å². The fourth-order valence-electron chi connectivity index (χ4n) is 2.90. The molecule has 2 aromatic rings.